The Balaban J connectivity index is 3.18. The Kier molecular flexibility index (Phi) is 3.03. The van der Waals surface area contributed by atoms with Crippen molar-refractivity contribution in [3.8, 4) is 0 Å². The number of carbonyl (C=O) groups is 1. The highest BCUT2D eigenvalue weighted by molar-refractivity contribution is 6.03. The average Bonchev–Trinajstić information content (AvgIpc) is 2.15. The summed E-state index contributed by atoms with van der Waals surface area (Å²) in [5.74, 6) is -7.57. The number of hydrogen-bond donors (Lipinski definition) is 0. The zero-order valence-electron chi connectivity index (χ0n) is 8.11. The lowest BCUT2D eigenvalue weighted by molar-refractivity contribution is -0.255. The van der Waals surface area contributed by atoms with Crippen LogP contribution >= 0.6 is 0 Å². The number of carbonyl (C=O) groups excluding carboxylic acids is 1. The smallest absolute Gasteiger partial charge is 0.287 e. The van der Waals surface area contributed by atoms with Crippen LogP contribution in [0.1, 0.15) is 15.9 Å². The van der Waals surface area contributed by atoms with Gasteiger partial charge >= 0.3 is 12.1 Å². The number of ketones is 1. The Labute approximate surface area is 87.9 Å². The second kappa shape index (κ2) is 3.84. The van der Waals surface area contributed by atoms with E-state index in [0.717, 1.165) is 6.07 Å². The van der Waals surface area contributed by atoms with Crippen LogP contribution < -0.4 is 0 Å². The molecule has 0 fully saturated rings. The predicted molar refractivity (Wildman–Crippen MR) is 46.5 cm³/mol. The number of benzene rings is 1. The molecule has 16 heavy (non-hydrogen) atoms. The van der Waals surface area contributed by atoms with Gasteiger partial charge in [0.1, 0.15) is 0 Å². The predicted octanol–water partition coefficient (Wildman–Crippen LogP) is 3.38. The van der Waals surface area contributed by atoms with E-state index in [0.29, 0.717) is 0 Å². The fourth-order valence-electron chi connectivity index (χ4n) is 1.13. The molecule has 0 aliphatic carbocycles. The van der Waals surface area contributed by atoms with Gasteiger partial charge in [-0.2, -0.15) is 22.0 Å². The highest BCUT2D eigenvalue weighted by Gasteiger charge is 2.63. The van der Waals surface area contributed by atoms with E-state index in [1.54, 1.807) is 0 Å². The molecule has 0 amide bonds. The van der Waals surface area contributed by atoms with E-state index in [-0.39, 0.29) is 5.56 Å². The number of Topliss-reactive ketones (excluding diaryl/α,β-unsaturated/α-hetero) is 1. The number of alkyl halides is 5. The molecule has 6 heteroatoms. The standard InChI is InChI=1S/C10H7F5O/c1-6-4-2-3-5-7(6)8(16)9(11,12)10(13,14)15/h2-5H,1H3. The SMILES string of the molecule is Cc1ccccc1C(=O)C(F)(F)C(F)(F)F. The Bertz CT molecular complexity index is 408. The molecular weight excluding hydrogens is 231 g/mol. The third-order valence-electron chi connectivity index (χ3n) is 2.03. The zero-order chi connectivity index (χ0) is 12.6. The van der Waals surface area contributed by atoms with Crippen LogP contribution in [-0.2, 0) is 0 Å². The maximum atomic E-state index is 12.7. The van der Waals surface area contributed by atoms with Crippen LogP contribution in [0.2, 0.25) is 0 Å². The van der Waals surface area contributed by atoms with Gasteiger partial charge in [-0.25, -0.2) is 0 Å². The molecule has 88 valence electrons. The second-order valence-corrected chi connectivity index (χ2v) is 3.22. The van der Waals surface area contributed by atoms with Gasteiger partial charge in [0.15, 0.2) is 0 Å². The van der Waals surface area contributed by atoms with E-state index in [1.807, 2.05) is 0 Å². The first-order valence-electron chi connectivity index (χ1n) is 4.23. The van der Waals surface area contributed by atoms with Crippen molar-refractivity contribution in [2.75, 3.05) is 0 Å². The van der Waals surface area contributed by atoms with Gasteiger partial charge in [-0.3, -0.25) is 4.79 Å². The van der Waals surface area contributed by atoms with Crippen LogP contribution in [0.5, 0.6) is 0 Å². The first-order chi connectivity index (χ1) is 7.18. The van der Waals surface area contributed by atoms with Gasteiger partial charge in [-0.15, -0.1) is 0 Å². The molecule has 0 saturated carbocycles. The zero-order valence-corrected chi connectivity index (χ0v) is 8.11. The van der Waals surface area contributed by atoms with Crippen LogP contribution in [0, 0.1) is 6.92 Å². The topological polar surface area (TPSA) is 17.1 Å². The van der Waals surface area contributed by atoms with E-state index in [1.165, 1.54) is 25.1 Å². The van der Waals surface area contributed by atoms with Crippen molar-refractivity contribution >= 4 is 5.78 Å². The first-order valence-corrected chi connectivity index (χ1v) is 4.23. The summed E-state index contributed by atoms with van der Waals surface area (Å²) >= 11 is 0. The van der Waals surface area contributed by atoms with Gasteiger partial charge in [0.2, 0.25) is 5.78 Å². The van der Waals surface area contributed by atoms with Crippen LogP contribution in [-0.4, -0.2) is 17.9 Å². The lowest BCUT2D eigenvalue weighted by Gasteiger charge is -2.18. The molecule has 1 nitrogen and oxygen atoms in total. The maximum Gasteiger partial charge on any atom is 0.461 e. The van der Waals surface area contributed by atoms with Crippen LogP contribution in [0.15, 0.2) is 24.3 Å². The molecule has 0 aliphatic rings. The van der Waals surface area contributed by atoms with Crippen molar-refractivity contribution < 1.29 is 26.7 Å². The second-order valence-electron chi connectivity index (χ2n) is 3.22. The van der Waals surface area contributed by atoms with Gasteiger partial charge in [0.25, 0.3) is 0 Å². The van der Waals surface area contributed by atoms with Gasteiger partial charge in [0.05, 0.1) is 0 Å². The Hall–Kier alpha value is -1.46. The summed E-state index contributed by atoms with van der Waals surface area (Å²) in [5.41, 5.74) is -0.541. The van der Waals surface area contributed by atoms with Crippen molar-refractivity contribution in [3.05, 3.63) is 35.4 Å². The third kappa shape index (κ3) is 2.05. The third-order valence-corrected chi connectivity index (χ3v) is 2.03. The van der Waals surface area contributed by atoms with Gasteiger partial charge in [-0.05, 0) is 12.5 Å². The van der Waals surface area contributed by atoms with Gasteiger partial charge in [-0.1, -0.05) is 24.3 Å². The molecule has 1 rings (SSSR count). The lowest BCUT2D eigenvalue weighted by Crippen LogP contribution is -2.44. The molecule has 0 atom stereocenters. The van der Waals surface area contributed by atoms with E-state index in [2.05, 4.69) is 0 Å². The summed E-state index contributed by atoms with van der Waals surface area (Å²) < 4.78 is 61.2. The largest absolute Gasteiger partial charge is 0.461 e. The molecule has 0 N–H and O–H groups in total. The van der Waals surface area contributed by atoms with E-state index >= 15 is 0 Å². The molecule has 1 aromatic carbocycles. The van der Waals surface area contributed by atoms with Crippen molar-refractivity contribution in [2.24, 2.45) is 0 Å². The van der Waals surface area contributed by atoms with E-state index in [4.69, 9.17) is 0 Å². The van der Waals surface area contributed by atoms with Crippen LogP contribution in [0.3, 0.4) is 0 Å². The van der Waals surface area contributed by atoms with E-state index < -0.39 is 23.4 Å². The summed E-state index contributed by atoms with van der Waals surface area (Å²) in [6, 6.07) is 4.90. The van der Waals surface area contributed by atoms with E-state index in [9.17, 15) is 26.7 Å². The lowest BCUT2D eigenvalue weighted by atomic mass is 10.0. The summed E-state index contributed by atoms with van der Waals surface area (Å²) in [4.78, 5) is 11.1. The maximum absolute atomic E-state index is 12.7. The number of halogens is 5. The fraction of sp³-hybridized carbons (Fsp3) is 0.300. The van der Waals surface area contributed by atoms with Crippen LogP contribution in [0.25, 0.3) is 0 Å². The molecule has 0 aromatic heterocycles. The minimum atomic E-state index is -5.87. The molecule has 0 unspecified atom stereocenters. The normalized spacial score (nSPS) is 12.6. The monoisotopic (exact) mass is 238 g/mol. The van der Waals surface area contributed by atoms with Crippen molar-refractivity contribution in [2.45, 2.75) is 19.0 Å². The average molecular weight is 238 g/mol. The minimum absolute atomic E-state index is 0.0800. The minimum Gasteiger partial charge on any atom is -0.287 e. The summed E-state index contributed by atoms with van der Waals surface area (Å²) in [5, 5.41) is 0. The number of rotatable bonds is 2. The van der Waals surface area contributed by atoms with Crippen molar-refractivity contribution in [1.29, 1.82) is 0 Å². The highest BCUT2D eigenvalue weighted by atomic mass is 19.4. The van der Waals surface area contributed by atoms with Crippen molar-refractivity contribution in [3.63, 3.8) is 0 Å². The molecule has 0 bridgehead atoms. The molecule has 1 aromatic rings. The quantitative estimate of drug-likeness (QED) is 0.570. The Morgan fingerprint density at radius 3 is 2.00 bits per heavy atom. The molecule has 0 saturated heterocycles. The summed E-state index contributed by atoms with van der Waals surface area (Å²) in [7, 11) is 0. The molecule has 0 heterocycles. The summed E-state index contributed by atoms with van der Waals surface area (Å²) in [6.45, 7) is 1.29. The van der Waals surface area contributed by atoms with Gasteiger partial charge in [0, 0.05) is 5.56 Å². The number of hydrogen-bond acceptors (Lipinski definition) is 1. The molecule has 0 radical (unpaired) electrons. The number of aryl methyl sites for hydroxylation is 1. The highest BCUT2D eigenvalue weighted by Crippen LogP contribution is 2.38. The molecular formula is C10H7F5O. The Morgan fingerprint density at radius 1 is 1.06 bits per heavy atom. The van der Waals surface area contributed by atoms with Crippen molar-refractivity contribution in [1.82, 2.24) is 0 Å². The summed E-state index contributed by atoms with van der Waals surface area (Å²) in [6.07, 6.45) is -5.87. The molecule has 0 spiro atoms. The Morgan fingerprint density at radius 2 is 1.56 bits per heavy atom. The first kappa shape index (κ1) is 12.6. The molecule has 0 aliphatic heterocycles. The fourth-order valence-corrected chi connectivity index (χ4v) is 1.13. The van der Waals surface area contributed by atoms with Crippen LogP contribution in [0.4, 0.5) is 22.0 Å². The van der Waals surface area contributed by atoms with Gasteiger partial charge < -0.3 is 0 Å².